The lowest BCUT2D eigenvalue weighted by Crippen LogP contribution is -2.17. The molecule has 0 aromatic heterocycles. The number of benzene rings is 1. The Balaban J connectivity index is 2.63. The summed E-state index contributed by atoms with van der Waals surface area (Å²) in [4.78, 5) is 0. The molecule has 0 saturated heterocycles. The van der Waals surface area contributed by atoms with Crippen molar-refractivity contribution in [1.29, 1.82) is 0 Å². The number of nitrogens with one attached hydrogen (secondary N) is 1. The highest BCUT2D eigenvalue weighted by atomic mass is 79.9. The minimum absolute atomic E-state index is 0.404. The van der Waals surface area contributed by atoms with E-state index in [0.29, 0.717) is 11.5 Å². The van der Waals surface area contributed by atoms with Gasteiger partial charge in [0, 0.05) is 10.5 Å². The summed E-state index contributed by atoms with van der Waals surface area (Å²) in [5, 5.41) is 4.15. The zero-order chi connectivity index (χ0) is 13.8. The molecule has 1 aromatic rings. The maximum atomic E-state index is 6.03. The summed E-state index contributed by atoms with van der Waals surface area (Å²) in [7, 11) is 2.02. The van der Waals surface area contributed by atoms with Gasteiger partial charge in [-0.1, -0.05) is 44.9 Å². The molecule has 0 spiro atoms. The lowest BCUT2D eigenvalue weighted by atomic mass is 9.88. The quantitative estimate of drug-likeness (QED) is 0.742. The predicted molar refractivity (Wildman–Crippen MR) is 84.3 cm³/mol. The third kappa shape index (κ3) is 5.29. The average molecular weight is 333 g/mol. The molecule has 1 N–H and O–H groups in total. The topological polar surface area (TPSA) is 12.0 Å². The summed E-state index contributed by atoms with van der Waals surface area (Å²) in [6.45, 7) is 6.88. The van der Waals surface area contributed by atoms with Crippen LogP contribution < -0.4 is 5.32 Å². The Bertz CT molecular complexity index is 385. The van der Waals surface area contributed by atoms with Gasteiger partial charge in [-0.05, 0) is 58.9 Å². The van der Waals surface area contributed by atoms with Crippen molar-refractivity contribution in [2.24, 2.45) is 5.41 Å². The second-order valence-electron chi connectivity index (χ2n) is 5.97. The molecule has 0 aliphatic rings. The second-order valence-corrected chi connectivity index (χ2v) is 7.23. The van der Waals surface area contributed by atoms with Crippen molar-refractivity contribution in [3.8, 4) is 0 Å². The van der Waals surface area contributed by atoms with Crippen LogP contribution in [0, 0.1) is 5.41 Å². The molecular formula is C15H23BrClN. The Kier molecular flexibility index (Phi) is 6.16. The lowest BCUT2D eigenvalue weighted by molar-refractivity contribution is 0.347. The fraction of sp³-hybridized carbons (Fsp3) is 0.600. The van der Waals surface area contributed by atoms with Crippen molar-refractivity contribution in [1.82, 2.24) is 5.32 Å². The summed E-state index contributed by atoms with van der Waals surface area (Å²) in [6.07, 6.45) is 3.64. The fourth-order valence-corrected chi connectivity index (χ4v) is 2.56. The second kappa shape index (κ2) is 6.93. The van der Waals surface area contributed by atoms with Crippen molar-refractivity contribution in [2.75, 3.05) is 7.05 Å². The highest BCUT2D eigenvalue weighted by Crippen LogP contribution is 2.29. The number of hydrogen-bond acceptors (Lipinski definition) is 1. The molecule has 1 nitrogen and oxygen atoms in total. The summed E-state index contributed by atoms with van der Waals surface area (Å²) < 4.78 is 0.970. The van der Waals surface area contributed by atoms with E-state index in [1.165, 1.54) is 18.4 Å². The molecule has 1 aromatic carbocycles. The molecule has 3 heteroatoms. The molecule has 0 aliphatic heterocycles. The minimum Gasteiger partial charge on any atom is -0.313 e. The molecule has 0 heterocycles. The van der Waals surface area contributed by atoms with Crippen LogP contribution in [0.1, 0.15) is 51.6 Å². The van der Waals surface area contributed by atoms with Gasteiger partial charge in [-0.15, -0.1) is 0 Å². The number of rotatable bonds is 5. The molecule has 0 radical (unpaired) electrons. The molecule has 1 rings (SSSR count). The van der Waals surface area contributed by atoms with Gasteiger partial charge in [0.05, 0.1) is 5.02 Å². The lowest BCUT2D eigenvalue weighted by Gasteiger charge is -2.21. The summed E-state index contributed by atoms with van der Waals surface area (Å²) in [5.41, 5.74) is 1.71. The highest BCUT2D eigenvalue weighted by molar-refractivity contribution is 9.10. The fourth-order valence-electron chi connectivity index (χ4n) is 2.04. The maximum absolute atomic E-state index is 6.03. The van der Waals surface area contributed by atoms with Gasteiger partial charge in [-0.25, -0.2) is 0 Å². The molecule has 0 bridgehead atoms. The Morgan fingerprint density at radius 1 is 1.33 bits per heavy atom. The first-order valence-corrected chi connectivity index (χ1v) is 7.63. The third-order valence-corrected chi connectivity index (χ3v) is 4.33. The van der Waals surface area contributed by atoms with E-state index in [2.05, 4.69) is 54.2 Å². The Morgan fingerprint density at radius 3 is 2.50 bits per heavy atom. The zero-order valence-electron chi connectivity index (χ0n) is 11.7. The SMILES string of the molecule is CNC(CCCC(C)(C)C)c1ccc(Cl)c(Br)c1. The molecule has 102 valence electrons. The van der Waals surface area contributed by atoms with Gasteiger partial charge >= 0.3 is 0 Å². The van der Waals surface area contributed by atoms with Crippen LogP contribution >= 0.6 is 27.5 Å². The molecule has 1 atom stereocenters. The predicted octanol–water partition coefficient (Wildman–Crippen LogP) is 5.58. The minimum atomic E-state index is 0.404. The van der Waals surface area contributed by atoms with E-state index in [1.807, 2.05) is 13.1 Å². The molecule has 0 fully saturated rings. The van der Waals surface area contributed by atoms with Crippen molar-refractivity contribution >= 4 is 27.5 Å². The highest BCUT2D eigenvalue weighted by Gasteiger charge is 2.14. The van der Waals surface area contributed by atoms with Gasteiger partial charge in [0.1, 0.15) is 0 Å². The van der Waals surface area contributed by atoms with Gasteiger partial charge in [-0.3, -0.25) is 0 Å². The van der Waals surface area contributed by atoms with E-state index in [0.717, 1.165) is 15.9 Å². The van der Waals surface area contributed by atoms with E-state index in [-0.39, 0.29) is 0 Å². The third-order valence-electron chi connectivity index (χ3n) is 3.11. The molecule has 1 unspecified atom stereocenters. The van der Waals surface area contributed by atoms with Crippen LogP contribution in [0.3, 0.4) is 0 Å². The van der Waals surface area contributed by atoms with Gasteiger partial charge in [0.15, 0.2) is 0 Å². The standard InChI is InChI=1S/C15H23BrClN/c1-15(2,3)9-5-6-14(18-4)11-7-8-13(17)12(16)10-11/h7-8,10,14,18H,5-6,9H2,1-4H3. The van der Waals surface area contributed by atoms with Gasteiger partial charge in [0.2, 0.25) is 0 Å². The number of hydrogen-bond donors (Lipinski definition) is 1. The van der Waals surface area contributed by atoms with Crippen LogP contribution in [-0.4, -0.2) is 7.05 Å². The van der Waals surface area contributed by atoms with Crippen molar-refractivity contribution in [3.63, 3.8) is 0 Å². The molecule has 18 heavy (non-hydrogen) atoms. The van der Waals surface area contributed by atoms with E-state index in [4.69, 9.17) is 11.6 Å². The van der Waals surface area contributed by atoms with Crippen LogP contribution in [0.5, 0.6) is 0 Å². The van der Waals surface area contributed by atoms with Gasteiger partial charge < -0.3 is 5.32 Å². The van der Waals surface area contributed by atoms with Gasteiger partial charge in [0.25, 0.3) is 0 Å². The van der Waals surface area contributed by atoms with Crippen LogP contribution in [0.15, 0.2) is 22.7 Å². The van der Waals surface area contributed by atoms with E-state index in [1.54, 1.807) is 0 Å². The first kappa shape index (κ1) is 16.0. The molecule has 0 aliphatic carbocycles. The largest absolute Gasteiger partial charge is 0.313 e. The van der Waals surface area contributed by atoms with E-state index < -0.39 is 0 Å². The van der Waals surface area contributed by atoms with E-state index in [9.17, 15) is 0 Å². The first-order chi connectivity index (χ1) is 8.33. The van der Waals surface area contributed by atoms with Crippen molar-refractivity contribution < 1.29 is 0 Å². The number of halogens is 2. The first-order valence-electron chi connectivity index (χ1n) is 6.46. The van der Waals surface area contributed by atoms with Crippen LogP contribution in [-0.2, 0) is 0 Å². The molecule has 0 saturated carbocycles. The normalized spacial score (nSPS) is 13.7. The average Bonchev–Trinajstić information content (AvgIpc) is 2.27. The van der Waals surface area contributed by atoms with Crippen molar-refractivity contribution in [3.05, 3.63) is 33.3 Å². The smallest absolute Gasteiger partial charge is 0.0548 e. The van der Waals surface area contributed by atoms with E-state index >= 15 is 0 Å². The monoisotopic (exact) mass is 331 g/mol. The van der Waals surface area contributed by atoms with Gasteiger partial charge in [-0.2, -0.15) is 0 Å². The summed E-state index contributed by atoms with van der Waals surface area (Å²) in [6, 6.07) is 6.57. The Labute approximate surface area is 124 Å². The summed E-state index contributed by atoms with van der Waals surface area (Å²) >= 11 is 9.51. The van der Waals surface area contributed by atoms with Crippen LogP contribution in [0.2, 0.25) is 5.02 Å². The molecular weight excluding hydrogens is 310 g/mol. The van der Waals surface area contributed by atoms with Crippen molar-refractivity contribution in [2.45, 2.75) is 46.1 Å². The Hall–Kier alpha value is -0.0500. The van der Waals surface area contributed by atoms with Crippen LogP contribution in [0.4, 0.5) is 0 Å². The summed E-state index contributed by atoms with van der Waals surface area (Å²) in [5.74, 6) is 0. The molecule has 0 amide bonds. The Morgan fingerprint density at radius 2 is 2.00 bits per heavy atom. The maximum Gasteiger partial charge on any atom is 0.0548 e. The zero-order valence-corrected chi connectivity index (χ0v) is 14.0. The van der Waals surface area contributed by atoms with Crippen LogP contribution in [0.25, 0.3) is 0 Å².